The van der Waals surface area contributed by atoms with Crippen LogP contribution in [-0.4, -0.2) is 18.7 Å². The van der Waals surface area contributed by atoms with Gasteiger partial charge >= 0.3 is 0 Å². The van der Waals surface area contributed by atoms with Crippen LogP contribution in [0.15, 0.2) is 218 Å². The number of pyridine rings is 1. The van der Waals surface area contributed by atoms with Crippen molar-refractivity contribution in [2.24, 2.45) is 5.41 Å². The molecule has 0 fully saturated rings. The van der Waals surface area contributed by atoms with Gasteiger partial charge in [0.05, 0.1) is 52.4 Å². The van der Waals surface area contributed by atoms with Gasteiger partial charge in [-0.3, -0.25) is 4.57 Å². The summed E-state index contributed by atoms with van der Waals surface area (Å²) in [7, 11) is 0. The summed E-state index contributed by atoms with van der Waals surface area (Å²) in [6, 6.07) is 24.3. The van der Waals surface area contributed by atoms with Gasteiger partial charge in [-0.25, -0.2) is 4.98 Å². The topological polar surface area (TPSA) is 40.8 Å². The minimum atomic E-state index is -1.88. The van der Waals surface area contributed by atoms with E-state index in [2.05, 4.69) is 18.5 Å². The number of fused-ring (bicyclic) bond motifs is 7. The van der Waals surface area contributed by atoms with E-state index in [0.29, 0.717) is 32.9 Å². The third-order valence-electron chi connectivity index (χ3n) is 12.0. The normalized spacial score (nSPS) is 15.9. The molecule has 0 aliphatic heterocycles. The molecule has 72 heavy (non-hydrogen) atoms. The first-order chi connectivity index (χ1) is 43.1. The second-order valence-corrected chi connectivity index (χ2v) is 17.6. The SMILES string of the molecule is [2H]c1c([2H])c([2H])c(-c2cccc(-c3c([2H])c([2H])c([2H])c([2H])c3[2H])c2-[n+]2[c-]n(-c3[c-]c(Oc4[c-]c5c(c(-n6c7c([2H])c([2H])c([2H])c([2H])c7c7c([2H])c([2H])c([2H])c([2H])c76)c4)c4ccccc4n5-c4cc(C([2H])([2H])C(C)(C)C)ccn4)ccc3)c3ccccc32)c([2H])c1[2H].[Pt]. The molecule has 0 saturated heterocycles. The first-order valence-corrected chi connectivity index (χ1v) is 22.5. The Hall–Kier alpha value is -8.31. The molecule has 7 heteroatoms. The Bertz CT molecular complexity index is 5140. The second kappa shape index (κ2) is 18.1. The maximum Gasteiger partial charge on any atom is 0.268 e. The minimum Gasteiger partial charge on any atom is -0.510 e. The summed E-state index contributed by atoms with van der Waals surface area (Å²) < 4.78 is 193. The molecular weight excluding hydrogens is 1060 g/mol. The van der Waals surface area contributed by atoms with E-state index < -0.39 is 121 Å². The van der Waals surface area contributed by atoms with Crippen molar-refractivity contribution in [2.45, 2.75) is 27.1 Å². The Morgan fingerprint density at radius 2 is 1.22 bits per heavy atom. The van der Waals surface area contributed by atoms with Crippen molar-refractivity contribution >= 4 is 54.6 Å². The van der Waals surface area contributed by atoms with Crippen molar-refractivity contribution in [3.05, 3.63) is 242 Å². The molecule has 0 atom stereocenters. The monoisotopic (exact) mass is 1130 g/mol. The van der Waals surface area contributed by atoms with Crippen LogP contribution in [0, 0.1) is 23.9 Å². The average molecular weight is 1130 g/mol. The molecule has 0 radical (unpaired) electrons. The smallest absolute Gasteiger partial charge is 0.268 e. The summed E-state index contributed by atoms with van der Waals surface area (Å²) in [5.41, 5.74) is 0.758. The molecule has 6 nitrogen and oxygen atoms in total. The zero-order valence-corrected chi connectivity index (χ0v) is 40.6. The van der Waals surface area contributed by atoms with E-state index in [1.54, 1.807) is 103 Å². The van der Waals surface area contributed by atoms with Gasteiger partial charge in [0, 0.05) is 57.8 Å². The first-order valence-electron chi connectivity index (χ1n) is 32.5. The van der Waals surface area contributed by atoms with Gasteiger partial charge in [-0.05, 0) is 86.7 Å². The Morgan fingerprint density at radius 3 is 1.92 bits per heavy atom. The van der Waals surface area contributed by atoms with Crippen LogP contribution in [0.3, 0.4) is 0 Å². The molecule has 0 unspecified atom stereocenters. The summed E-state index contributed by atoms with van der Waals surface area (Å²) in [5, 5.41) is 0.584. The second-order valence-electron chi connectivity index (χ2n) is 17.6. The molecule has 0 bridgehead atoms. The van der Waals surface area contributed by atoms with Crippen LogP contribution in [0.5, 0.6) is 11.5 Å². The Kier molecular flexibility index (Phi) is 7.03. The van der Waals surface area contributed by atoms with Crippen LogP contribution in [0.1, 0.15) is 53.7 Å². The summed E-state index contributed by atoms with van der Waals surface area (Å²) >= 11 is 0. The largest absolute Gasteiger partial charge is 0.510 e. The van der Waals surface area contributed by atoms with Gasteiger partial charge in [-0.1, -0.05) is 189 Å². The summed E-state index contributed by atoms with van der Waals surface area (Å²) in [6.07, 6.45) is 2.96. The van der Waals surface area contributed by atoms with Crippen molar-refractivity contribution in [1.29, 1.82) is 0 Å². The van der Waals surface area contributed by atoms with Crippen molar-refractivity contribution in [3.8, 4) is 56.6 Å². The van der Waals surface area contributed by atoms with E-state index in [9.17, 15) is 8.22 Å². The fraction of sp³-hybridized carbons (Fsp3) is 0.0769. The van der Waals surface area contributed by atoms with Crippen LogP contribution in [-0.2, 0) is 27.4 Å². The zero-order chi connectivity index (χ0) is 65.1. The number of nitrogens with zero attached hydrogens (tertiary/aromatic N) is 5. The predicted octanol–water partition coefficient (Wildman–Crippen LogP) is 15.6. The molecule has 350 valence electrons. The van der Waals surface area contributed by atoms with Crippen LogP contribution in [0.4, 0.5) is 0 Å². The first kappa shape index (κ1) is 27.9. The van der Waals surface area contributed by atoms with Crippen LogP contribution in [0.2, 0.25) is 0 Å². The van der Waals surface area contributed by atoms with Crippen LogP contribution < -0.4 is 9.30 Å². The average Bonchev–Trinajstić information content (AvgIpc) is 1.53. The van der Waals surface area contributed by atoms with E-state index in [4.69, 9.17) is 28.9 Å². The van der Waals surface area contributed by atoms with Gasteiger partial charge in [0.2, 0.25) is 0 Å². The minimum absolute atomic E-state index is 0. The molecule has 0 aliphatic rings. The number of aromatic nitrogens is 5. The van der Waals surface area contributed by atoms with Crippen molar-refractivity contribution < 1.29 is 57.8 Å². The van der Waals surface area contributed by atoms with E-state index in [-0.39, 0.29) is 105 Å². The van der Waals surface area contributed by atoms with Crippen LogP contribution in [0.25, 0.3) is 99.8 Å². The standard InChI is InChI=1S/C65H47N5O.Pt/c1-65(2,3)42-44-36-37-66-62(38-44)70-57-33-15-12-28-54(57)63-60(69-55-31-13-10-26-52(55)53-27-11-14-32-56(53)69)40-49(41-61(63)70)71-48-25-18-24-47(39-48)67-43-68(59-35-17-16-34-58(59)67)64-50(45-20-6-4-7-21-45)29-19-30-51(64)46-22-8-5-9-23-46;/h4-38,40H,42H2,1-3H3;/q-2;/i4D,5D,6D,7D,8D,9D,10D,11D,13D,14D,20D,21D,22D,23D,26D,27D,31D,32D,42D2;. The van der Waals surface area contributed by atoms with Crippen LogP contribution >= 0.6 is 0 Å². The van der Waals surface area contributed by atoms with E-state index >= 15 is 0 Å². The fourth-order valence-corrected chi connectivity index (χ4v) is 9.26. The molecular formula is C65H47N5OPt-2. The molecule has 9 aromatic carbocycles. The number of para-hydroxylation sites is 6. The number of rotatable bonds is 9. The Morgan fingerprint density at radius 1 is 0.597 bits per heavy atom. The molecule has 4 heterocycles. The number of ether oxygens (including phenoxy) is 1. The van der Waals surface area contributed by atoms with E-state index in [1.165, 1.54) is 39.6 Å². The number of hydrogen-bond acceptors (Lipinski definition) is 2. The third-order valence-corrected chi connectivity index (χ3v) is 12.0. The zero-order valence-electron chi connectivity index (χ0n) is 58.4. The number of hydrogen-bond donors (Lipinski definition) is 0. The molecule has 13 aromatic rings. The van der Waals surface area contributed by atoms with Crippen molar-refractivity contribution in [2.75, 3.05) is 0 Å². The molecule has 0 N–H and O–H groups in total. The van der Waals surface area contributed by atoms with Crippen molar-refractivity contribution in [3.63, 3.8) is 0 Å². The van der Waals surface area contributed by atoms with Gasteiger partial charge in [0.15, 0.2) is 0 Å². The molecule has 0 amide bonds. The molecule has 0 spiro atoms. The van der Waals surface area contributed by atoms with Gasteiger partial charge < -0.3 is 18.4 Å². The van der Waals surface area contributed by atoms with Crippen molar-refractivity contribution in [1.82, 2.24) is 18.7 Å². The number of benzene rings is 9. The summed E-state index contributed by atoms with van der Waals surface area (Å²) in [4.78, 5) is 4.78. The quantitative estimate of drug-likeness (QED) is 0.107. The Labute approximate surface area is 461 Å². The fourth-order valence-electron chi connectivity index (χ4n) is 9.26. The summed E-state index contributed by atoms with van der Waals surface area (Å²) in [6.45, 7) is 5.35. The maximum absolute atomic E-state index is 9.48. The maximum atomic E-state index is 9.48. The molecule has 13 rings (SSSR count). The van der Waals surface area contributed by atoms with Gasteiger partial charge in [-0.2, -0.15) is 12.1 Å². The molecule has 0 saturated carbocycles. The molecule has 4 aromatic heterocycles. The van der Waals surface area contributed by atoms with Gasteiger partial charge in [0.25, 0.3) is 6.33 Å². The summed E-state index contributed by atoms with van der Waals surface area (Å²) in [5.74, 6) is 0.246. The Balaban J connectivity index is 0.00000816. The van der Waals surface area contributed by atoms with Gasteiger partial charge in [0.1, 0.15) is 5.82 Å². The van der Waals surface area contributed by atoms with E-state index in [1.807, 2.05) is 6.07 Å². The molecule has 0 aliphatic carbocycles. The number of imidazole rings is 1. The predicted molar refractivity (Wildman–Crippen MR) is 288 cm³/mol. The third kappa shape index (κ3) is 7.80. The van der Waals surface area contributed by atoms with E-state index in [0.717, 1.165) is 0 Å². The van der Waals surface area contributed by atoms with Gasteiger partial charge in [-0.15, -0.1) is 24.3 Å².